The number of hydrazone groups is 1. The summed E-state index contributed by atoms with van der Waals surface area (Å²) < 4.78 is 2.05. The van der Waals surface area contributed by atoms with Gasteiger partial charge in [0, 0.05) is 38.4 Å². The average molecular weight is 460 g/mol. The lowest BCUT2D eigenvalue weighted by atomic mass is 10.2. The molecular formula is C23H23Cl2N3OS. The normalized spacial score (nSPS) is 11.2. The van der Waals surface area contributed by atoms with Gasteiger partial charge in [-0.15, -0.1) is 11.8 Å². The minimum absolute atomic E-state index is 0.126. The van der Waals surface area contributed by atoms with Crippen LogP contribution >= 0.6 is 35.0 Å². The Balaban J connectivity index is 1.58. The third-order valence-electron chi connectivity index (χ3n) is 4.59. The third kappa shape index (κ3) is 5.91. The highest BCUT2D eigenvalue weighted by molar-refractivity contribution is 7.99. The molecule has 1 heterocycles. The molecule has 1 aromatic heterocycles. The molecule has 0 radical (unpaired) electrons. The summed E-state index contributed by atoms with van der Waals surface area (Å²) in [5.74, 6) is 1.02. The fourth-order valence-electron chi connectivity index (χ4n) is 3.14. The molecule has 3 aromatic rings. The van der Waals surface area contributed by atoms with Gasteiger partial charge < -0.3 is 4.57 Å². The van der Waals surface area contributed by atoms with Crippen LogP contribution < -0.4 is 5.43 Å². The number of thioether (sulfide) groups is 1. The van der Waals surface area contributed by atoms with E-state index < -0.39 is 0 Å². The molecule has 0 unspecified atom stereocenters. The molecule has 0 fully saturated rings. The van der Waals surface area contributed by atoms with Crippen molar-refractivity contribution in [1.29, 1.82) is 0 Å². The van der Waals surface area contributed by atoms with Crippen molar-refractivity contribution < 1.29 is 4.79 Å². The zero-order valence-corrected chi connectivity index (χ0v) is 19.4. The topological polar surface area (TPSA) is 46.4 Å². The van der Waals surface area contributed by atoms with E-state index in [2.05, 4.69) is 46.3 Å². The molecule has 30 heavy (non-hydrogen) atoms. The highest BCUT2D eigenvalue weighted by atomic mass is 35.5. The number of amides is 1. The van der Waals surface area contributed by atoms with Gasteiger partial charge in [0.1, 0.15) is 0 Å². The number of nitrogens with zero attached hydrogens (tertiary/aromatic N) is 2. The van der Waals surface area contributed by atoms with Crippen molar-refractivity contribution in [2.75, 3.05) is 5.75 Å². The monoisotopic (exact) mass is 459 g/mol. The summed E-state index contributed by atoms with van der Waals surface area (Å²) in [6, 6.07) is 15.8. The van der Waals surface area contributed by atoms with E-state index in [9.17, 15) is 4.79 Å². The molecule has 3 rings (SSSR count). The number of aromatic nitrogens is 1. The predicted octanol–water partition coefficient (Wildman–Crippen LogP) is 6.09. The van der Waals surface area contributed by atoms with E-state index in [0.29, 0.717) is 15.8 Å². The fourth-order valence-corrected chi connectivity index (χ4v) is 4.43. The molecule has 0 saturated carbocycles. The Morgan fingerprint density at radius 2 is 1.73 bits per heavy atom. The number of nitrogens with one attached hydrogen (secondary N) is 1. The van der Waals surface area contributed by atoms with Crippen LogP contribution in [0.4, 0.5) is 0 Å². The summed E-state index contributed by atoms with van der Waals surface area (Å²) >= 11 is 13.8. The molecule has 0 aliphatic heterocycles. The number of aryl methyl sites for hydroxylation is 2. The first-order chi connectivity index (χ1) is 14.3. The molecule has 0 spiro atoms. The summed E-state index contributed by atoms with van der Waals surface area (Å²) in [6.07, 6.45) is 1.66. The van der Waals surface area contributed by atoms with Gasteiger partial charge in [0.15, 0.2) is 0 Å². The van der Waals surface area contributed by atoms with Crippen molar-refractivity contribution in [2.24, 2.45) is 5.10 Å². The van der Waals surface area contributed by atoms with Gasteiger partial charge in [0.25, 0.3) is 0 Å². The SMILES string of the molecule is Cc1ccc(CSCC(=O)N/N=C\c2cc(C)n(-c3cc(Cl)cc(Cl)c3)c2C)cc1. The summed E-state index contributed by atoms with van der Waals surface area (Å²) in [5, 5.41) is 5.28. The van der Waals surface area contributed by atoms with E-state index in [1.54, 1.807) is 24.0 Å². The molecule has 0 saturated heterocycles. The molecule has 1 amide bonds. The molecule has 0 aliphatic rings. The second kappa shape index (κ2) is 10.2. The Kier molecular flexibility index (Phi) is 7.64. The smallest absolute Gasteiger partial charge is 0.250 e. The van der Waals surface area contributed by atoms with E-state index in [1.807, 2.05) is 32.0 Å². The molecule has 1 N–H and O–H groups in total. The van der Waals surface area contributed by atoms with E-state index in [-0.39, 0.29) is 5.91 Å². The zero-order chi connectivity index (χ0) is 21.7. The predicted molar refractivity (Wildman–Crippen MR) is 128 cm³/mol. The maximum Gasteiger partial charge on any atom is 0.250 e. The Morgan fingerprint density at radius 3 is 2.40 bits per heavy atom. The minimum Gasteiger partial charge on any atom is -0.318 e. The lowest BCUT2D eigenvalue weighted by Crippen LogP contribution is -2.19. The molecular weight excluding hydrogens is 437 g/mol. The Labute approximate surface area is 191 Å². The van der Waals surface area contributed by atoms with Crippen LogP contribution in [0.5, 0.6) is 0 Å². The first kappa shape index (κ1) is 22.5. The van der Waals surface area contributed by atoms with E-state index in [1.165, 1.54) is 11.1 Å². The van der Waals surface area contributed by atoms with E-state index in [0.717, 1.165) is 28.4 Å². The third-order valence-corrected chi connectivity index (χ3v) is 6.03. The fraction of sp³-hybridized carbons (Fsp3) is 0.217. The van der Waals surface area contributed by atoms with Crippen LogP contribution in [0.1, 0.15) is 28.1 Å². The van der Waals surface area contributed by atoms with Crippen LogP contribution in [-0.2, 0) is 10.5 Å². The Hall–Kier alpha value is -2.21. The highest BCUT2D eigenvalue weighted by Gasteiger charge is 2.11. The largest absolute Gasteiger partial charge is 0.318 e. The quantitative estimate of drug-likeness (QED) is 0.343. The number of benzene rings is 2. The summed E-state index contributed by atoms with van der Waals surface area (Å²) in [6.45, 7) is 6.05. The van der Waals surface area contributed by atoms with Crippen LogP contribution in [0.2, 0.25) is 10.0 Å². The first-order valence-electron chi connectivity index (χ1n) is 9.44. The molecule has 0 bridgehead atoms. The van der Waals surface area contributed by atoms with Crippen LogP contribution in [0.15, 0.2) is 53.6 Å². The highest BCUT2D eigenvalue weighted by Crippen LogP contribution is 2.26. The van der Waals surface area contributed by atoms with Gasteiger partial charge in [-0.3, -0.25) is 4.79 Å². The van der Waals surface area contributed by atoms with Gasteiger partial charge in [0.2, 0.25) is 5.91 Å². The maximum atomic E-state index is 12.1. The van der Waals surface area contributed by atoms with Crippen molar-refractivity contribution >= 4 is 47.1 Å². The molecule has 2 aromatic carbocycles. The van der Waals surface area contributed by atoms with Crippen molar-refractivity contribution in [3.05, 3.63) is 86.7 Å². The summed E-state index contributed by atoms with van der Waals surface area (Å²) in [7, 11) is 0. The van der Waals surface area contributed by atoms with Crippen molar-refractivity contribution in [1.82, 2.24) is 9.99 Å². The molecule has 156 valence electrons. The van der Waals surface area contributed by atoms with Gasteiger partial charge in [-0.25, -0.2) is 5.43 Å². The Morgan fingerprint density at radius 1 is 1.07 bits per heavy atom. The molecule has 0 aliphatic carbocycles. The number of carbonyl (C=O) groups excluding carboxylic acids is 1. The first-order valence-corrected chi connectivity index (χ1v) is 11.3. The minimum atomic E-state index is -0.126. The van der Waals surface area contributed by atoms with Crippen molar-refractivity contribution in [2.45, 2.75) is 26.5 Å². The zero-order valence-electron chi connectivity index (χ0n) is 17.1. The molecule has 4 nitrogen and oxygen atoms in total. The summed E-state index contributed by atoms with van der Waals surface area (Å²) in [5.41, 5.74) is 8.84. The average Bonchev–Trinajstić information content (AvgIpc) is 2.96. The lowest BCUT2D eigenvalue weighted by Gasteiger charge is -2.10. The van der Waals surface area contributed by atoms with Crippen molar-refractivity contribution in [3.8, 4) is 5.69 Å². The maximum absolute atomic E-state index is 12.1. The van der Waals surface area contributed by atoms with Gasteiger partial charge in [0.05, 0.1) is 12.0 Å². The van der Waals surface area contributed by atoms with E-state index in [4.69, 9.17) is 23.2 Å². The second-order valence-electron chi connectivity index (χ2n) is 7.06. The van der Waals surface area contributed by atoms with Crippen LogP contribution in [0.3, 0.4) is 0 Å². The molecule has 7 heteroatoms. The van der Waals surface area contributed by atoms with Gasteiger partial charge in [-0.1, -0.05) is 53.0 Å². The Bertz CT molecular complexity index is 1050. The van der Waals surface area contributed by atoms with Crippen LogP contribution in [0.25, 0.3) is 5.69 Å². The van der Waals surface area contributed by atoms with Crippen LogP contribution in [0, 0.1) is 20.8 Å². The number of rotatable bonds is 7. The number of halogens is 2. The summed E-state index contributed by atoms with van der Waals surface area (Å²) in [4.78, 5) is 12.1. The second-order valence-corrected chi connectivity index (χ2v) is 8.92. The van der Waals surface area contributed by atoms with Gasteiger partial charge in [-0.05, 0) is 50.6 Å². The van der Waals surface area contributed by atoms with Gasteiger partial charge >= 0.3 is 0 Å². The van der Waals surface area contributed by atoms with Crippen LogP contribution in [-0.4, -0.2) is 22.4 Å². The number of carbonyl (C=O) groups is 1. The lowest BCUT2D eigenvalue weighted by molar-refractivity contribution is -0.118. The number of hydrogen-bond acceptors (Lipinski definition) is 3. The van der Waals surface area contributed by atoms with Gasteiger partial charge in [-0.2, -0.15) is 5.10 Å². The van der Waals surface area contributed by atoms with E-state index >= 15 is 0 Å². The van der Waals surface area contributed by atoms with Crippen molar-refractivity contribution in [3.63, 3.8) is 0 Å². The number of hydrogen-bond donors (Lipinski definition) is 1. The molecule has 0 atom stereocenters. The standard InChI is InChI=1S/C23H23Cl2N3OS/c1-15-4-6-18(7-5-15)13-30-14-23(29)27-26-12-19-8-16(2)28(17(19)3)22-10-20(24)9-21(25)11-22/h4-12H,13-14H2,1-3H3,(H,27,29)/b26-12-.